The van der Waals surface area contributed by atoms with Crippen molar-refractivity contribution < 1.29 is 4.42 Å². The first-order valence-electron chi connectivity index (χ1n) is 6.20. The van der Waals surface area contributed by atoms with Crippen molar-refractivity contribution in [3.8, 4) is 10.8 Å². The molecule has 0 amide bonds. The molecule has 0 aliphatic carbocycles. The van der Waals surface area contributed by atoms with Crippen LogP contribution in [0.3, 0.4) is 0 Å². The summed E-state index contributed by atoms with van der Waals surface area (Å²) in [5.74, 6) is 1.70. The minimum absolute atomic E-state index is 0.810. The van der Waals surface area contributed by atoms with E-state index in [9.17, 15) is 0 Å². The van der Waals surface area contributed by atoms with Gasteiger partial charge in [0.05, 0.1) is 11.9 Å². The SMILES string of the molecule is C/C(=C/c1cnc(-c2ccc(C)o2)s1)c1cnccn1. The molecular weight excluding hydrogens is 270 g/mol. The molecule has 0 bridgehead atoms. The summed E-state index contributed by atoms with van der Waals surface area (Å²) in [5.41, 5.74) is 1.93. The Balaban J connectivity index is 1.87. The highest BCUT2D eigenvalue weighted by molar-refractivity contribution is 7.15. The van der Waals surface area contributed by atoms with E-state index >= 15 is 0 Å². The lowest BCUT2D eigenvalue weighted by molar-refractivity contribution is 0.548. The zero-order chi connectivity index (χ0) is 13.9. The van der Waals surface area contributed by atoms with E-state index < -0.39 is 0 Å². The number of rotatable bonds is 3. The number of aromatic nitrogens is 3. The van der Waals surface area contributed by atoms with E-state index in [2.05, 4.69) is 21.0 Å². The van der Waals surface area contributed by atoms with E-state index in [1.54, 1.807) is 29.9 Å². The lowest BCUT2D eigenvalue weighted by Crippen LogP contribution is -1.85. The number of allylic oxidation sites excluding steroid dienone is 1. The van der Waals surface area contributed by atoms with Crippen LogP contribution in [0.2, 0.25) is 0 Å². The second-order valence-corrected chi connectivity index (χ2v) is 5.46. The van der Waals surface area contributed by atoms with Crippen LogP contribution in [-0.2, 0) is 0 Å². The third-order valence-corrected chi connectivity index (χ3v) is 3.76. The van der Waals surface area contributed by atoms with Gasteiger partial charge in [0.15, 0.2) is 10.8 Å². The van der Waals surface area contributed by atoms with Crippen LogP contribution in [0.4, 0.5) is 0 Å². The first-order valence-corrected chi connectivity index (χ1v) is 7.01. The molecule has 0 atom stereocenters. The summed E-state index contributed by atoms with van der Waals surface area (Å²) < 4.78 is 5.58. The van der Waals surface area contributed by atoms with Gasteiger partial charge in [-0.15, -0.1) is 11.3 Å². The van der Waals surface area contributed by atoms with Crippen molar-refractivity contribution in [3.63, 3.8) is 0 Å². The van der Waals surface area contributed by atoms with Gasteiger partial charge < -0.3 is 4.42 Å². The van der Waals surface area contributed by atoms with Gasteiger partial charge in [-0.25, -0.2) is 4.98 Å². The summed E-state index contributed by atoms with van der Waals surface area (Å²) in [5, 5.41) is 0.885. The first-order chi connectivity index (χ1) is 9.72. The molecule has 20 heavy (non-hydrogen) atoms. The van der Waals surface area contributed by atoms with Crippen LogP contribution >= 0.6 is 11.3 Å². The van der Waals surface area contributed by atoms with Crippen molar-refractivity contribution in [1.29, 1.82) is 0 Å². The van der Waals surface area contributed by atoms with Crippen molar-refractivity contribution >= 4 is 23.0 Å². The Bertz CT molecular complexity index is 743. The molecule has 0 aliphatic heterocycles. The van der Waals surface area contributed by atoms with Crippen molar-refractivity contribution in [1.82, 2.24) is 15.0 Å². The van der Waals surface area contributed by atoms with Gasteiger partial charge in [-0.05, 0) is 37.6 Å². The molecule has 0 radical (unpaired) electrons. The van der Waals surface area contributed by atoms with Crippen LogP contribution < -0.4 is 0 Å². The molecule has 0 fully saturated rings. The van der Waals surface area contributed by atoms with Gasteiger partial charge in [-0.1, -0.05) is 0 Å². The maximum atomic E-state index is 5.58. The summed E-state index contributed by atoms with van der Waals surface area (Å²) in [7, 11) is 0. The van der Waals surface area contributed by atoms with Crippen LogP contribution in [0.25, 0.3) is 22.4 Å². The Morgan fingerprint density at radius 1 is 1.20 bits per heavy atom. The van der Waals surface area contributed by atoms with Crippen LogP contribution in [0.5, 0.6) is 0 Å². The Morgan fingerprint density at radius 2 is 2.10 bits per heavy atom. The summed E-state index contributed by atoms with van der Waals surface area (Å²) in [6.45, 7) is 3.94. The molecule has 0 spiro atoms. The number of furan rings is 1. The van der Waals surface area contributed by atoms with Crippen LogP contribution in [-0.4, -0.2) is 15.0 Å². The average Bonchev–Trinajstić information content (AvgIpc) is 3.09. The Morgan fingerprint density at radius 3 is 2.80 bits per heavy atom. The fourth-order valence-electron chi connectivity index (χ4n) is 1.81. The van der Waals surface area contributed by atoms with E-state index in [-0.39, 0.29) is 0 Å². The molecule has 3 heterocycles. The van der Waals surface area contributed by atoms with Gasteiger partial charge in [0.25, 0.3) is 0 Å². The maximum absolute atomic E-state index is 5.58. The molecule has 0 unspecified atom stereocenters. The highest BCUT2D eigenvalue weighted by atomic mass is 32.1. The van der Waals surface area contributed by atoms with Gasteiger partial charge in [-0.2, -0.15) is 0 Å². The molecule has 3 aromatic heterocycles. The zero-order valence-corrected chi connectivity index (χ0v) is 12.0. The number of thiazole rings is 1. The van der Waals surface area contributed by atoms with Gasteiger partial charge in [-0.3, -0.25) is 9.97 Å². The fraction of sp³-hybridized carbons (Fsp3) is 0.133. The smallest absolute Gasteiger partial charge is 0.162 e. The normalized spacial score (nSPS) is 11.8. The number of nitrogens with zero attached hydrogens (tertiary/aromatic N) is 3. The Labute approximate surface area is 120 Å². The van der Waals surface area contributed by atoms with E-state index in [1.807, 2.05) is 32.2 Å². The summed E-state index contributed by atoms with van der Waals surface area (Å²) >= 11 is 1.59. The quantitative estimate of drug-likeness (QED) is 0.727. The van der Waals surface area contributed by atoms with E-state index in [1.165, 1.54) is 0 Å². The van der Waals surface area contributed by atoms with Gasteiger partial charge in [0.2, 0.25) is 0 Å². The molecule has 0 N–H and O–H groups in total. The minimum Gasteiger partial charge on any atom is -0.459 e. The van der Waals surface area contributed by atoms with Crippen LogP contribution in [0, 0.1) is 6.92 Å². The molecule has 4 nitrogen and oxygen atoms in total. The minimum atomic E-state index is 0.810. The number of hydrogen-bond acceptors (Lipinski definition) is 5. The molecule has 3 aromatic rings. The Hall–Kier alpha value is -2.27. The van der Waals surface area contributed by atoms with Crippen LogP contribution in [0.15, 0.2) is 41.3 Å². The molecule has 0 saturated carbocycles. The summed E-state index contributed by atoms with van der Waals surface area (Å²) in [6.07, 6.45) is 9.01. The van der Waals surface area contributed by atoms with Crippen molar-refractivity contribution in [2.24, 2.45) is 0 Å². The highest BCUT2D eigenvalue weighted by Crippen LogP contribution is 2.28. The lowest BCUT2D eigenvalue weighted by atomic mass is 10.2. The molecule has 0 aromatic carbocycles. The molecule has 100 valence electrons. The van der Waals surface area contributed by atoms with Crippen molar-refractivity contribution in [2.75, 3.05) is 0 Å². The maximum Gasteiger partial charge on any atom is 0.162 e. The first kappa shape index (κ1) is 12.7. The largest absolute Gasteiger partial charge is 0.459 e. The molecule has 5 heteroatoms. The zero-order valence-electron chi connectivity index (χ0n) is 11.2. The molecular formula is C15H13N3OS. The van der Waals surface area contributed by atoms with E-state index in [4.69, 9.17) is 4.42 Å². The standard InChI is InChI=1S/C15H13N3OS/c1-10(13-9-16-5-6-17-13)7-12-8-18-15(20-12)14-4-3-11(2)19-14/h3-9H,1-2H3/b10-7-. The third-order valence-electron chi connectivity index (χ3n) is 2.80. The number of aryl methyl sites for hydroxylation is 1. The molecule has 0 aliphatic rings. The number of hydrogen-bond donors (Lipinski definition) is 0. The summed E-state index contributed by atoms with van der Waals surface area (Å²) in [6, 6.07) is 3.88. The summed E-state index contributed by atoms with van der Waals surface area (Å²) in [4.78, 5) is 13.8. The second-order valence-electron chi connectivity index (χ2n) is 4.40. The van der Waals surface area contributed by atoms with Gasteiger partial charge >= 0.3 is 0 Å². The van der Waals surface area contributed by atoms with E-state index in [0.717, 1.165) is 32.7 Å². The predicted octanol–water partition coefficient (Wildman–Crippen LogP) is 4.06. The average molecular weight is 283 g/mol. The van der Waals surface area contributed by atoms with Crippen LogP contribution in [0.1, 0.15) is 23.3 Å². The highest BCUT2D eigenvalue weighted by Gasteiger charge is 2.07. The fourth-order valence-corrected chi connectivity index (χ4v) is 2.69. The topological polar surface area (TPSA) is 51.8 Å². The van der Waals surface area contributed by atoms with Crippen molar-refractivity contribution in [3.05, 3.63) is 53.3 Å². The molecule has 3 rings (SSSR count). The van der Waals surface area contributed by atoms with E-state index in [0.29, 0.717) is 0 Å². The third kappa shape index (κ3) is 2.67. The Kier molecular flexibility index (Phi) is 3.43. The predicted molar refractivity (Wildman–Crippen MR) is 80.1 cm³/mol. The second kappa shape index (κ2) is 5.38. The lowest BCUT2D eigenvalue weighted by Gasteiger charge is -1.97. The van der Waals surface area contributed by atoms with Gasteiger partial charge in [0, 0.05) is 23.5 Å². The van der Waals surface area contributed by atoms with Crippen molar-refractivity contribution in [2.45, 2.75) is 13.8 Å². The van der Waals surface area contributed by atoms with Gasteiger partial charge in [0.1, 0.15) is 5.76 Å². The monoisotopic (exact) mass is 283 g/mol. The molecule has 0 saturated heterocycles.